The number of hydrogen-bond acceptors (Lipinski definition) is 5. The van der Waals surface area contributed by atoms with E-state index in [1.165, 1.54) is 10.7 Å². The van der Waals surface area contributed by atoms with Crippen molar-refractivity contribution in [3.63, 3.8) is 0 Å². The fourth-order valence-electron chi connectivity index (χ4n) is 1.96. The van der Waals surface area contributed by atoms with Gasteiger partial charge in [0.25, 0.3) is 5.69 Å². The number of nitro groups is 1. The van der Waals surface area contributed by atoms with Crippen LogP contribution in [0.25, 0.3) is 5.69 Å². The largest absolute Gasteiger partial charge is 0.311 e. The van der Waals surface area contributed by atoms with Gasteiger partial charge in [0.2, 0.25) is 0 Å². The fourth-order valence-corrected chi connectivity index (χ4v) is 2.71. The molecule has 0 spiro atoms. The quantitative estimate of drug-likeness (QED) is 0.490. The van der Waals surface area contributed by atoms with E-state index in [4.69, 9.17) is 0 Å². The van der Waals surface area contributed by atoms with Crippen LogP contribution in [-0.4, -0.2) is 26.5 Å². The van der Waals surface area contributed by atoms with Crippen molar-refractivity contribution in [2.75, 3.05) is 6.54 Å². The highest BCUT2D eigenvalue weighted by molar-refractivity contribution is 9.10. The maximum Gasteiger partial charge on any atom is 0.296 e. The van der Waals surface area contributed by atoms with Gasteiger partial charge in [0.05, 0.1) is 21.3 Å². The molecule has 0 atom stereocenters. The summed E-state index contributed by atoms with van der Waals surface area (Å²) in [6.45, 7) is 5.37. The van der Waals surface area contributed by atoms with Gasteiger partial charge in [0.15, 0.2) is 5.69 Å². The number of nitrogens with zero attached hydrogens (tertiary/aromatic N) is 4. The molecule has 0 fully saturated rings. The second-order valence-electron chi connectivity index (χ2n) is 4.70. The lowest BCUT2D eigenvalue weighted by atomic mass is 10.2. The van der Waals surface area contributed by atoms with Gasteiger partial charge < -0.3 is 5.32 Å². The Bertz CT molecular complexity index is 656. The Morgan fingerprint density at radius 2 is 2.24 bits per heavy atom. The van der Waals surface area contributed by atoms with Crippen LogP contribution < -0.4 is 5.32 Å². The van der Waals surface area contributed by atoms with E-state index in [0.29, 0.717) is 16.7 Å². The Morgan fingerprint density at radius 3 is 2.90 bits per heavy atom. The van der Waals surface area contributed by atoms with Crippen LogP contribution in [0.15, 0.2) is 22.8 Å². The SMILES string of the molecule is CCCNCc1cn(-c2c(Br)cc(C)cc2[N+](=O)[O-])nn1. The monoisotopic (exact) mass is 353 g/mol. The minimum Gasteiger partial charge on any atom is -0.311 e. The highest BCUT2D eigenvalue weighted by atomic mass is 79.9. The van der Waals surface area contributed by atoms with Crippen LogP contribution in [0.2, 0.25) is 0 Å². The highest BCUT2D eigenvalue weighted by Gasteiger charge is 2.20. The number of hydrogen-bond donors (Lipinski definition) is 1. The summed E-state index contributed by atoms with van der Waals surface area (Å²) in [6, 6.07) is 3.34. The molecule has 1 aromatic carbocycles. The van der Waals surface area contributed by atoms with Crippen molar-refractivity contribution < 1.29 is 4.92 Å². The molecule has 0 aliphatic rings. The molecular formula is C13H16BrN5O2. The van der Waals surface area contributed by atoms with Crippen LogP contribution in [0, 0.1) is 17.0 Å². The summed E-state index contributed by atoms with van der Waals surface area (Å²) in [5, 5.41) is 22.5. The lowest BCUT2D eigenvalue weighted by Crippen LogP contribution is -2.13. The summed E-state index contributed by atoms with van der Waals surface area (Å²) < 4.78 is 2.05. The molecule has 0 aliphatic carbocycles. The topological polar surface area (TPSA) is 85.9 Å². The molecule has 0 saturated carbocycles. The number of benzene rings is 1. The molecule has 0 amide bonds. The van der Waals surface area contributed by atoms with Crippen molar-refractivity contribution in [2.24, 2.45) is 0 Å². The van der Waals surface area contributed by atoms with Gasteiger partial charge >= 0.3 is 0 Å². The predicted octanol–water partition coefficient (Wildman–Crippen LogP) is 2.75. The molecule has 2 aromatic rings. The van der Waals surface area contributed by atoms with Gasteiger partial charge in [-0.2, -0.15) is 0 Å². The van der Waals surface area contributed by atoms with E-state index in [1.54, 1.807) is 6.20 Å². The van der Waals surface area contributed by atoms with Gasteiger partial charge in [-0.1, -0.05) is 12.1 Å². The van der Waals surface area contributed by atoms with E-state index in [9.17, 15) is 10.1 Å². The van der Waals surface area contributed by atoms with E-state index < -0.39 is 4.92 Å². The lowest BCUT2D eigenvalue weighted by Gasteiger charge is -2.06. The third-order valence-electron chi connectivity index (χ3n) is 2.89. The summed E-state index contributed by atoms with van der Waals surface area (Å²) in [6.07, 6.45) is 2.73. The van der Waals surface area contributed by atoms with Crippen molar-refractivity contribution in [3.8, 4) is 5.69 Å². The Kier molecular flexibility index (Phi) is 5.03. The van der Waals surface area contributed by atoms with Gasteiger partial charge in [-0.05, 0) is 47.4 Å². The highest BCUT2D eigenvalue weighted by Crippen LogP contribution is 2.31. The van der Waals surface area contributed by atoms with Crippen LogP contribution in [0.1, 0.15) is 24.6 Å². The zero-order valence-corrected chi connectivity index (χ0v) is 13.4. The van der Waals surface area contributed by atoms with E-state index in [0.717, 1.165) is 24.2 Å². The zero-order chi connectivity index (χ0) is 15.4. The average Bonchev–Trinajstić information content (AvgIpc) is 2.86. The summed E-state index contributed by atoms with van der Waals surface area (Å²) in [5.41, 5.74) is 1.94. The van der Waals surface area contributed by atoms with Crippen LogP contribution in [-0.2, 0) is 6.54 Å². The maximum absolute atomic E-state index is 11.2. The third kappa shape index (κ3) is 3.64. The number of aryl methyl sites for hydroxylation is 1. The molecule has 7 nitrogen and oxygen atoms in total. The van der Waals surface area contributed by atoms with Gasteiger partial charge in [-0.3, -0.25) is 10.1 Å². The van der Waals surface area contributed by atoms with E-state index in [2.05, 4.69) is 38.5 Å². The molecule has 0 aliphatic heterocycles. The number of halogens is 1. The first-order valence-electron chi connectivity index (χ1n) is 6.59. The van der Waals surface area contributed by atoms with Gasteiger partial charge in [0, 0.05) is 12.6 Å². The summed E-state index contributed by atoms with van der Waals surface area (Å²) >= 11 is 3.37. The van der Waals surface area contributed by atoms with E-state index >= 15 is 0 Å². The number of nitro benzene ring substituents is 1. The molecule has 0 unspecified atom stereocenters. The van der Waals surface area contributed by atoms with Crippen molar-refractivity contribution in [1.82, 2.24) is 20.3 Å². The van der Waals surface area contributed by atoms with Crippen LogP contribution >= 0.6 is 15.9 Å². The van der Waals surface area contributed by atoms with Gasteiger partial charge in [0.1, 0.15) is 0 Å². The molecule has 2 rings (SSSR count). The molecule has 1 N–H and O–H groups in total. The molecule has 112 valence electrons. The van der Waals surface area contributed by atoms with Crippen LogP contribution in [0.4, 0.5) is 5.69 Å². The van der Waals surface area contributed by atoms with Crippen LogP contribution in [0.3, 0.4) is 0 Å². The Labute approximate surface area is 130 Å². The Balaban J connectivity index is 2.36. The first kappa shape index (κ1) is 15.6. The smallest absolute Gasteiger partial charge is 0.296 e. The lowest BCUT2D eigenvalue weighted by molar-refractivity contribution is -0.384. The van der Waals surface area contributed by atoms with Crippen molar-refractivity contribution >= 4 is 21.6 Å². The van der Waals surface area contributed by atoms with Gasteiger partial charge in [-0.15, -0.1) is 5.10 Å². The molecular weight excluding hydrogens is 338 g/mol. The molecule has 1 heterocycles. The molecule has 1 aromatic heterocycles. The summed E-state index contributed by atoms with van der Waals surface area (Å²) in [4.78, 5) is 10.8. The van der Waals surface area contributed by atoms with Crippen molar-refractivity contribution in [1.29, 1.82) is 0 Å². The number of rotatable bonds is 6. The Hall–Kier alpha value is -1.80. The summed E-state index contributed by atoms with van der Waals surface area (Å²) in [5.74, 6) is 0. The number of aromatic nitrogens is 3. The molecule has 0 radical (unpaired) electrons. The molecule has 0 bridgehead atoms. The fraction of sp³-hybridized carbons (Fsp3) is 0.385. The minimum atomic E-state index is -0.413. The van der Waals surface area contributed by atoms with Crippen molar-refractivity contribution in [2.45, 2.75) is 26.8 Å². The first-order chi connectivity index (χ1) is 10.0. The summed E-state index contributed by atoms with van der Waals surface area (Å²) in [7, 11) is 0. The standard InChI is InChI=1S/C13H16BrN5O2/c1-3-4-15-7-10-8-18(17-16-10)13-11(14)5-9(2)6-12(13)19(20)21/h5-6,8,15H,3-4,7H2,1-2H3. The van der Waals surface area contributed by atoms with E-state index in [1.807, 2.05) is 13.0 Å². The minimum absolute atomic E-state index is 0.000146. The van der Waals surface area contributed by atoms with E-state index in [-0.39, 0.29) is 5.69 Å². The molecule has 8 heteroatoms. The second-order valence-corrected chi connectivity index (χ2v) is 5.56. The molecule has 21 heavy (non-hydrogen) atoms. The molecule has 0 saturated heterocycles. The first-order valence-corrected chi connectivity index (χ1v) is 7.39. The average molecular weight is 354 g/mol. The third-order valence-corrected chi connectivity index (χ3v) is 3.49. The second kappa shape index (κ2) is 6.77. The van der Waals surface area contributed by atoms with Crippen LogP contribution in [0.5, 0.6) is 0 Å². The Morgan fingerprint density at radius 1 is 1.48 bits per heavy atom. The predicted molar refractivity (Wildman–Crippen MR) is 82.4 cm³/mol. The van der Waals surface area contributed by atoms with Crippen molar-refractivity contribution in [3.05, 3.63) is 44.2 Å². The zero-order valence-electron chi connectivity index (χ0n) is 11.8. The van der Waals surface area contributed by atoms with Gasteiger partial charge in [-0.25, -0.2) is 4.68 Å². The number of nitrogens with one attached hydrogen (secondary N) is 1. The normalized spacial score (nSPS) is 10.8. The maximum atomic E-state index is 11.2.